The van der Waals surface area contributed by atoms with Gasteiger partial charge in [0.1, 0.15) is 18.4 Å². The molecule has 0 aliphatic rings. The molecule has 0 unspecified atom stereocenters. The van der Waals surface area contributed by atoms with E-state index in [9.17, 15) is 22.4 Å². The summed E-state index contributed by atoms with van der Waals surface area (Å²) < 4.78 is 43.3. The van der Waals surface area contributed by atoms with Gasteiger partial charge in [-0.15, -0.1) is 0 Å². The molecule has 0 aliphatic carbocycles. The third kappa shape index (κ3) is 7.23. The van der Waals surface area contributed by atoms with Crippen molar-refractivity contribution in [2.24, 2.45) is 0 Å². The van der Waals surface area contributed by atoms with Gasteiger partial charge in [0.05, 0.1) is 10.6 Å². The van der Waals surface area contributed by atoms with Gasteiger partial charge in [-0.25, -0.2) is 12.8 Å². The number of sulfonamides is 1. The number of benzene rings is 3. The summed E-state index contributed by atoms with van der Waals surface area (Å²) in [5, 5.41) is 2.86. The van der Waals surface area contributed by atoms with Gasteiger partial charge in [0.2, 0.25) is 11.8 Å². The number of carbonyl (C=O) groups excluding carboxylic acids is 2. The normalized spacial score (nSPS) is 12.9. The number of amides is 2. The van der Waals surface area contributed by atoms with Gasteiger partial charge in [-0.2, -0.15) is 0 Å². The molecule has 2 atom stereocenters. The highest BCUT2D eigenvalue weighted by Crippen LogP contribution is 2.26. The largest absolute Gasteiger partial charge is 0.352 e. The van der Waals surface area contributed by atoms with Crippen LogP contribution < -0.4 is 9.62 Å². The fourth-order valence-corrected chi connectivity index (χ4v) is 5.41. The molecule has 0 aromatic heterocycles. The molecule has 0 spiro atoms. The van der Waals surface area contributed by atoms with Crippen molar-refractivity contribution in [3.63, 3.8) is 0 Å². The summed E-state index contributed by atoms with van der Waals surface area (Å²) in [7, 11) is -4.15. The van der Waals surface area contributed by atoms with E-state index in [1.807, 2.05) is 27.7 Å². The Bertz CT molecular complexity index is 1410. The van der Waals surface area contributed by atoms with Crippen molar-refractivity contribution < 1.29 is 22.4 Å². The minimum Gasteiger partial charge on any atom is -0.352 e. The Balaban J connectivity index is 2.05. The molecule has 2 amide bonds. The lowest BCUT2D eigenvalue weighted by molar-refractivity contribution is -0.139. The molecular weight excluding hydrogens is 517 g/mol. The predicted molar refractivity (Wildman–Crippen MR) is 151 cm³/mol. The molecule has 0 fully saturated rings. The molecule has 3 rings (SSSR count). The summed E-state index contributed by atoms with van der Waals surface area (Å²) in [5.74, 6) is -1.56. The number of hydrogen-bond donors (Lipinski definition) is 1. The Kier molecular flexibility index (Phi) is 9.86. The van der Waals surface area contributed by atoms with Crippen molar-refractivity contribution in [2.75, 3.05) is 10.8 Å². The van der Waals surface area contributed by atoms with Gasteiger partial charge in [-0.3, -0.25) is 13.9 Å². The number of aryl methyl sites for hydroxylation is 2. The van der Waals surface area contributed by atoms with Crippen molar-refractivity contribution in [2.45, 2.75) is 64.6 Å². The van der Waals surface area contributed by atoms with E-state index in [0.717, 1.165) is 15.4 Å². The van der Waals surface area contributed by atoms with Crippen LogP contribution in [0.3, 0.4) is 0 Å². The number of nitrogens with one attached hydrogen (secondary N) is 1. The lowest BCUT2D eigenvalue weighted by Crippen LogP contribution is -2.52. The third-order valence-corrected chi connectivity index (χ3v) is 8.64. The van der Waals surface area contributed by atoms with Crippen LogP contribution in [-0.2, 0) is 26.2 Å². The first kappa shape index (κ1) is 29.8. The monoisotopic (exact) mass is 553 g/mol. The number of nitrogens with zero attached hydrogens (tertiary/aromatic N) is 2. The molecule has 0 aliphatic heterocycles. The average Bonchev–Trinajstić information content (AvgIpc) is 2.92. The first-order valence-electron chi connectivity index (χ1n) is 12.9. The lowest BCUT2D eigenvalue weighted by atomic mass is 10.1. The molecule has 7 nitrogen and oxygen atoms in total. The van der Waals surface area contributed by atoms with Gasteiger partial charge in [0.25, 0.3) is 10.0 Å². The van der Waals surface area contributed by atoms with Crippen LogP contribution in [0, 0.1) is 19.7 Å². The van der Waals surface area contributed by atoms with Crippen LogP contribution >= 0.6 is 0 Å². The van der Waals surface area contributed by atoms with E-state index in [2.05, 4.69) is 5.32 Å². The second-order valence-corrected chi connectivity index (χ2v) is 11.6. The maximum absolute atomic E-state index is 14.6. The van der Waals surface area contributed by atoms with Crippen LogP contribution in [0.25, 0.3) is 0 Å². The van der Waals surface area contributed by atoms with Gasteiger partial charge < -0.3 is 10.2 Å². The maximum atomic E-state index is 14.6. The highest BCUT2D eigenvalue weighted by atomic mass is 32.2. The summed E-state index contributed by atoms with van der Waals surface area (Å²) in [4.78, 5) is 28.2. The highest BCUT2D eigenvalue weighted by Gasteiger charge is 2.33. The zero-order valence-electron chi connectivity index (χ0n) is 23.0. The molecule has 1 N–H and O–H groups in total. The summed E-state index contributed by atoms with van der Waals surface area (Å²) in [6, 6.07) is 17.9. The zero-order chi connectivity index (χ0) is 28.7. The fraction of sp³-hybridized carbons (Fsp3) is 0.333. The smallest absolute Gasteiger partial charge is 0.264 e. The minimum atomic E-state index is -4.15. The Morgan fingerprint density at radius 3 is 2.18 bits per heavy atom. The molecule has 9 heteroatoms. The SMILES string of the molecule is CC[C@@H](C)NC(=O)[C@@H](C)N(Cc1ccccc1F)C(=O)CN(c1ccc(C)c(C)c1)S(=O)(=O)c1ccccc1. The molecule has 39 heavy (non-hydrogen) atoms. The number of hydrogen-bond acceptors (Lipinski definition) is 4. The van der Waals surface area contributed by atoms with E-state index < -0.39 is 40.2 Å². The summed E-state index contributed by atoms with van der Waals surface area (Å²) in [6.07, 6.45) is 0.690. The van der Waals surface area contributed by atoms with Gasteiger partial charge >= 0.3 is 0 Å². The Hall–Kier alpha value is -3.72. The van der Waals surface area contributed by atoms with Crippen molar-refractivity contribution >= 4 is 27.5 Å². The molecule has 3 aromatic carbocycles. The van der Waals surface area contributed by atoms with Gasteiger partial charge in [0, 0.05) is 18.2 Å². The van der Waals surface area contributed by atoms with E-state index >= 15 is 0 Å². The highest BCUT2D eigenvalue weighted by molar-refractivity contribution is 7.92. The Morgan fingerprint density at radius 2 is 1.56 bits per heavy atom. The predicted octanol–water partition coefficient (Wildman–Crippen LogP) is 4.97. The van der Waals surface area contributed by atoms with E-state index in [1.54, 1.807) is 49.4 Å². The van der Waals surface area contributed by atoms with Crippen molar-refractivity contribution in [1.82, 2.24) is 10.2 Å². The van der Waals surface area contributed by atoms with Gasteiger partial charge in [-0.1, -0.05) is 49.4 Å². The summed E-state index contributed by atoms with van der Waals surface area (Å²) in [5.41, 5.74) is 2.37. The van der Waals surface area contributed by atoms with E-state index in [-0.39, 0.29) is 23.0 Å². The zero-order valence-corrected chi connectivity index (χ0v) is 23.8. The lowest BCUT2D eigenvalue weighted by Gasteiger charge is -2.32. The molecular formula is C30H36FN3O4S. The first-order chi connectivity index (χ1) is 18.4. The number of halogens is 1. The Morgan fingerprint density at radius 1 is 0.923 bits per heavy atom. The van der Waals surface area contributed by atoms with E-state index in [4.69, 9.17) is 0 Å². The van der Waals surface area contributed by atoms with E-state index in [0.29, 0.717) is 12.1 Å². The second kappa shape index (κ2) is 12.9. The Labute approximate surface area is 230 Å². The summed E-state index contributed by atoms with van der Waals surface area (Å²) >= 11 is 0. The van der Waals surface area contributed by atoms with Crippen LogP contribution in [0.5, 0.6) is 0 Å². The molecule has 0 bridgehead atoms. The molecule has 0 saturated heterocycles. The molecule has 0 radical (unpaired) electrons. The standard InChI is InChI=1S/C30H36FN3O4S/c1-6-23(4)32-30(36)24(5)33(19-25-12-10-11-15-28(25)31)29(35)20-34(26-17-16-21(2)22(3)18-26)39(37,38)27-13-8-7-9-14-27/h7-18,23-24H,6,19-20H2,1-5H3,(H,32,36)/t23-,24-/m1/s1. The first-order valence-corrected chi connectivity index (χ1v) is 14.4. The number of anilines is 1. The minimum absolute atomic E-state index is 0.0271. The average molecular weight is 554 g/mol. The van der Waals surface area contributed by atoms with Crippen molar-refractivity contribution in [1.29, 1.82) is 0 Å². The second-order valence-electron chi connectivity index (χ2n) is 9.70. The van der Waals surface area contributed by atoms with Crippen LogP contribution in [-0.4, -0.2) is 43.8 Å². The molecule has 0 heterocycles. The number of carbonyl (C=O) groups is 2. The van der Waals surface area contributed by atoms with Crippen LogP contribution in [0.15, 0.2) is 77.7 Å². The van der Waals surface area contributed by atoms with Gasteiger partial charge in [0.15, 0.2) is 0 Å². The van der Waals surface area contributed by atoms with Gasteiger partial charge in [-0.05, 0) is 75.6 Å². The maximum Gasteiger partial charge on any atom is 0.264 e. The third-order valence-electron chi connectivity index (χ3n) is 6.86. The fourth-order valence-electron chi connectivity index (χ4n) is 3.99. The topological polar surface area (TPSA) is 86.8 Å². The van der Waals surface area contributed by atoms with Crippen LogP contribution in [0.2, 0.25) is 0 Å². The summed E-state index contributed by atoms with van der Waals surface area (Å²) in [6.45, 7) is 8.33. The molecule has 0 saturated carbocycles. The molecule has 208 valence electrons. The van der Waals surface area contributed by atoms with Crippen molar-refractivity contribution in [3.05, 3.63) is 95.3 Å². The van der Waals surface area contributed by atoms with Crippen LogP contribution in [0.1, 0.15) is 43.9 Å². The van der Waals surface area contributed by atoms with Crippen LogP contribution in [0.4, 0.5) is 10.1 Å². The quantitative estimate of drug-likeness (QED) is 0.363. The molecule has 3 aromatic rings. The van der Waals surface area contributed by atoms with Crippen molar-refractivity contribution in [3.8, 4) is 0 Å². The van der Waals surface area contributed by atoms with E-state index in [1.165, 1.54) is 35.2 Å². The number of rotatable bonds is 11.